The van der Waals surface area contributed by atoms with Gasteiger partial charge in [0.2, 0.25) is 0 Å². The van der Waals surface area contributed by atoms with Crippen molar-refractivity contribution in [3.63, 3.8) is 0 Å². The SMILES string of the molecule is CCn1ncnc1COc1cc(F)ccc1C(C)=NO. The molecule has 0 amide bonds. The first-order valence-electron chi connectivity index (χ1n) is 6.13. The van der Waals surface area contributed by atoms with Crippen LogP contribution in [0.15, 0.2) is 29.7 Å². The molecule has 1 heterocycles. The van der Waals surface area contributed by atoms with Crippen LogP contribution in [0.3, 0.4) is 0 Å². The number of ether oxygens (including phenoxy) is 1. The number of rotatable bonds is 5. The molecule has 0 aliphatic heterocycles. The van der Waals surface area contributed by atoms with Crippen LogP contribution in [0.2, 0.25) is 0 Å². The third-order valence-corrected chi connectivity index (χ3v) is 2.84. The highest BCUT2D eigenvalue weighted by atomic mass is 19.1. The Kier molecular flexibility index (Phi) is 4.29. The second-order valence-corrected chi connectivity index (χ2v) is 4.11. The monoisotopic (exact) mass is 278 g/mol. The lowest BCUT2D eigenvalue weighted by molar-refractivity contribution is 0.284. The number of aromatic nitrogens is 3. The molecule has 0 aliphatic carbocycles. The molecule has 0 saturated heterocycles. The van der Waals surface area contributed by atoms with Crippen molar-refractivity contribution in [2.24, 2.45) is 5.16 Å². The van der Waals surface area contributed by atoms with Crippen LogP contribution in [0.1, 0.15) is 25.2 Å². The molecule has 7 heteroatoms. The van der Waals surface area contributed by atoms with E-state index in [9.17, 15) is 4.39 Å². The Morgan fingerprint density at radius 3 is 3.00 bits per heavy atom. The number of benzene rings is 1. The lowest BCUT2D eigenvalue weighted by Crippen LogP contribution is -2.09. The maximum Gasteiger partial charge on any atom is 0.164 e. The van der Waals surface area contributed by atoms with Crippen LogP contribution >= 0.6 is 0 Å². The number of aryl methyl sites for hydroxylation is 1. The minimum atomic E-state index is -0.425. The smallest absolute Gasteiger partial charge is 0.164 e. The van der Waals surface area contributed by atoms with Gasteiger partial charge in [0.1, 0.15) is 24.5 Å². The molecule has 106 valence electrons. The van der Waals surface area contributed by atoms with Gasteiger partial charge in [0.25, 0.3) is 0 Å². The van der Waals surface area contributed by atoms with Gasteiger partial charge >= 0.3 is 0 Å². The molecular formula is C13H15FN4O2. The lowest BCUT2D eigenvalue weighted by atomic mass is 10.1. The fourth-order valence-corrected chi connectivity index (χ4v) is 1.77. The molecule has 2 aromatic rings. The summed E-state index contributed by atoms with van der Waals surface area (Å²) in [5, 5.41) is 16.0. The van der Waals surface area contributed by atoms with E-state index in [4.69, 9.17) is 9.94 Å². The minimum absolute atomic E-state index is 0.156. The molecule has 20 heavy (non-hydrogen) atoms. The zero-order valence-electron chi connectivity index (χ0n) is 11.2. The predicted molar refractivity (Wildman–Crippen MR) is 70.4 cm³/mol. The van der Waals surface area contributed by atoms with Crippen molar-refractivity contribution in [1.82, 2.24) is 14.8 Å². The normalized spacial score (nSPS) is 11.7. The summed E-state index contributed by atoms with van der Waals surface area (Å²) < 4.78 is 20.6. The van der Waals surface area contributed by atoms with E-state index in [2.05, 4.69) is 15.2 Å². The topological polar surface area (TPSA) is 72.5 Å². The van der Waals surface area contributed by atoms with Gasteiger partial charge in [-0.15, -0.1) is 0 Å². The van der Waals surface area contributed by atoms with Crippen LogP contribution in [0, 0.1) is 5.82 Å². The number of hydrogen-bond acceptors (Lipinski definition) is 5. The van der Waals surface area contributed by atoms with Gasteiger partial charge in [-0.1, -0.05) is 5.16 Å². The van der Waals surface area contributed by atoms with E-state index in [1.807, 2.05) is 6.92 Å². The minimum Gasteiger partial charge on any atom is -0.485 e. The molecule has 0 unspecified atom stereocenters. The predicted octanol–water partition coefficient (Wildman–Crippen LogP) is 2.21. The molecule has 0 bridgehead atoms. The molecular weight excluding hydrogens is 263 g/mol. The second kappa shape index (κ2) is 6.14. The van der Waals surface area contributed by atoms with E-state index in [0.717, 1.165) is 0 Å². The highest BCUT2D eigenvalue weighted by molar-refractivity contribution is 6.00. The first kappa shape index (κ1) is 14.0. The van der Waals surface area contributed by atoms with Gasteiger partial charge in [0.05, 0.1) is 5.71 Å². The summed E-state index contributed by atoms with van der Waals surface area (Å²) >= 11 is 0. The Hall–Kier alpha value is -2.44. The van der Waals surface area contributed by atoms with Crippen molar-refractivity contribution in [2.75, 3.05) is 0 Å². The number of oxime groups is 1. The van der Waals surface area contributed by atoms with Crippen LogP contribution in [0.25, 0.3) is 0 Å². The Bertz CT molecular complexity index is 625. The molecule has 0 saturated carbocycles. The number of hydrogen-bond donors (Lipinski definition) is 1. The van der Waals surface area contributed by atoms with Crippen LogP contribution in [-0.4, -0.2) is 25.7 Å². The van der Waals surface area contributed by atoms with Crippen LogP contribution in [-0.2, 0) is 13.2 Å². The molecule has 0 fully saturated rings. The van der Waals surface area contributed by atoms with E-state index in [1.54, 1.807) is 11.6 Å². The summed E-state index contributed by atoms with van der Waals surface area (Å²) in [4.78, 5) is 4.07. The zero-order valence-corrected chi connectivity index (χ0v) is 11.2. The molecule has 0 radical (unpaired) electrons. The fourth-order valence-electron chi connectivity index (χ4n) is 1.77. The molecule has 0 atom stereocenters. The van der Waals surface area contributed by atoms with Crippen molar-refractivity contribution >= 4 is 5.71 Å². The molecule has 1 aromatic heterocycles. The second-order valence-electron chi connectivity index (χ2n) is 4.11. The molecule has 6 nitrogen and oxygen atoms in total. The third kappa shape index (κ3) is 2.93. The van der Waals surface area contributed by atoms with E-state index in [1.165, 1.54) is 24.5 Å². The van der Waals surface area contributed by atoms with E-state index >= 15 is 0 Å². The van der Waals surface area contributed by atoms with Crippen molar-refractivity contribution in [2.45, 2.75) is 27.0 Å². The fraction of sp³-hybridized carbons (Fsp3) is 0.308. The Morgan fingerprint density at radius 1 is 1.50 bits per heavy atom. The molecule has 1 aromatic carbocycles. The highest BCUT2D eigenvalue weighted by Crippen LogP contribution is 2.21. The van der Waals surface area contributed by atoms with Gasteiger partial charge in [-0.25, -0.2) is 14.1 Å². The summed E-state index contributed by atoms with van der Waals surface area (Å²) in [6, 6.07) is 4.03. The van der Waals surface area contributed by atoms with Gasteiger partial charge in [0, 0.05) is 18.2 Å². The average Bonchev–Trinajstić information content (AvgIpc) is 2.91. The molecule has 0 aliphatic rings. The van der Waals surface area contributed by atoms with Crippen LogP contribution in [0.4, 0.5) is 4.39 Å². The van der Waals surface area contributed by atoms with E-state index < -0.39 is 5.82 Å². The van der Waals surface area contributed by atoms with Crippen molar-refractivity contribution in [3.05, 3.63) is 41.7 Å². The van der Waals surface area contributed by atoms with Crippen molar-refractivity contribution in [3.8, 4) is 5.75 Å². The van der Waals surface area contributed by atoms with Gasteiger partial charge in [0.15, 0.2) is 5.82 Å². The highest BCUT2D eigenvalue weighted by Gasteiger charge is 2.11. The van der Waals surface area contributed by atoms with Gasteiger partial charge in [-0.05, 0) is 26.0 Å². The van der Waals surface area contributed by atoms with E-state index in [-0.39, 0.29) is 6.61 Å². The third-order valence-electron chi connectivity index (χ3n) is 2.84. The molecule has 0 spiro atoms. The average molecular weight is 278 g/mol. The van der Waals surface area contributed by atoms with Crippen molar-refractivity contribution in [1.29, 1.82) is 0 Å². The molecule has 1 N–H and O–H groups in total. The quantitative estimate of drug-likeness (QED) is 0.517. The summed E-state index contributed by atoms with van der Waals surface area (Å²) in [7, 11) is 0. The summed E-state index contributed by atoms with van der Waals surface area (Å²) in [5.41, 5.74) is 0.869. The maximum absolute atomic E-state index is 13.3. The summed E-state index contributed by atoms with van der Waals surface area (Å²) in [6.45, 7) is 4.37. The first-order chi connectivity index (χ1) is 9.65. The Labute approximate surface area is 115 Å². The zero-order chi connectivity index (χ0) is 14.5. The van der Waals surface area contributed by atoms with Crippen LogP contribution in [0.5, 0.6) is 5.75 Å². The van der Waals surface area contributed by atoms with Gasteiger partial charge in [-0.3, -0.25) is 0 Å². The standard InChI is InChI=1S/C13H15FN4O2/c1-3-18-13(15-8-16-18)7-20-12-6-10(14)4-5-11(12)9(2)17-19/h4-6,8,19H,3,7H2,1-2H3. The largest absolute Gasteiger partial charge is 0.485 e. The van der Waals surface area contributed by atoms with Gasteiger partial charge in [-0.2, -0.15) is 5.10 Å². The maximum atomic E-state index is 13.3. The van der Waals surface area contributed by atoms with Crippen LogP contribution < -0.4 is 4.74 Å². The molecule has 2 rings (SSSR count). The summed E-state index contributed by atoms with van der Waals surface area (Å²) in [5.74, 6) is 0.513. The first-order valence-corrected chi connectivity index (χ1v) is 6.13. The Balaban J connectivity index is 2.22. The van der Waals surface area contributed by atoms with Gasteiger partial charge < -0.3 is 9.94 Å². The number of halogens is 1. The lowest BCUT2D eigenvalue weighted by Gasteiger charge is -2.11. The van der Waals surface area contributed by atoms with E-state index in [0.29, 0.717) is 29.4 Å². The Morgan fingerprint density at radius 2 is 2.30 bits per heavy atom. The summed E-state index contributed by atoms with van der Waals surface area (Å²) in [6.07, 6.45) is 1.44. The number of nitrogens with zero attached hydrogens (tertiary/aromatic N) is 4. The van der Waals surface area contributed by atoms with Crippen molar-refractivity contribution < 1.29 is 14.3 Å².